The summed E-state index contributed by atoms with van der Waals surface area (Å²) in [6.07, 6.45) is 2.25. The number of rotatable bonds is 3. The van der Waals surface area contributed by atoms with Crippen LogP contribution in [0.5, 0.6) is 0 Å². The van der Waals surface area contributed by atoms with Crippen LogP contribution in [0.25, 0.3) is 0 Å². The Labute approximate surface area is 113 Å². The number of hydrogen-bond acceptors (Lipinski definition) is 3. The van der Waals surface area contributed by atoms with Crippen LogP contribution in [-0.2, 0) is 0 Å². The average molecular weight is 275 g/mol. The molecule has 0 aromatic carbocycles. The molecular weight excluding hydrogens is 256 g/mol. The second-order valence-electron chi connectivity index (χ2n) is 4.27. The quantitative estimate of drug-likeness (QED) is 0.917. The summed E-state index contributed by atoms with van der Waals surface area (Å²) < 4.78 is 0. The summed E-state index contributed by atoms with van der Waals surface area (Å²) in [4.78, 5) is 14.9. The predicted molar refractivity (Wildman–Crippen MR) is 74.1 cm³/mol. The van der Waals surface area contributed by atoms with Gasteiger partial charge in [0.15, 0.2) is 0 Å². The van der Waals surface area contributed by atoms with E-state index in [1.165, 1.54) is 11.3 Å². The van der Waals surface area contributed by atoms with Gasteiger partial charge in [-0.15, -0.1) is 23.7 Å². The summed E-state index contributed by atoms with van der Waals surface area (Å²) >= 11 is 1.53. The number of nitrogens with one attached hydrogen (secondary N) is 1. The Morgan fingerprint density at radius 1 is 1.53 bits per heavy atom. The van der Waals surface area contributed by atoms with E-state index in [4.69, 9.17) is 0 Å². The average Bonchev–Trinajstić information content (AvgIpc) is 2.83. The fourth-order valence-corrected chi connectivity index (χ4v) is 2.88. The van der Waals surface area contributed by atoms with E-state index in [0.717, 1.165) is 43.3 Å². The minimum atomic E-state index is 0. The molecule has 0 radical (unpaired) electrons. The zero-order chi connectivity index (χ0) is 11.4. The summed E-state index contributed by atoms with van der Waals surface area (Å²) in [6.45, 7) is 2.88. The standard InChI is InChI=1S/C12H18N2OS.ClH/c1-13-9-10-4-6-14(7-5-10)12(15)11-3-2-8-16-11;/h2-3,8,10,13H,4-7,9H2,1H3;1H. The lowest BCUT2D eigenvalue weighted by atomic mass is 9.97. The second kappa shape index (κ2) is 6.99. The third kappa shape index (κ3) is 3.69. The number of hydrogen-bond donors (Lipinski definition) is 1. The zero-order valence-corrected chi connectivity index (χ0v) is 11.6. The first-order chi connectivity index (χ1) is 7.81. The van der Waals surface area contributed by atoms with Gasteiger partial charge in [0.1, 0.15) is 0 Å². The molecule has 0 aliphatic carbocycles. The highest BCUT2D eigenvalue weighted by Gasteiger charge is 2.23. The molecule has 1 aromatic rings. The molecule has 1 fully saturated rings. The molecule has 0 atom stereocenters. The fourth-order valence-electron chi connectivity index (χ4n) is 2.18. The smallest absolute Gasteiger partial charge is 0.263 e. The van der Waals surface area contributed by atoms with Gasteiger partial charge in [0.25, 0.3) is 5.91 Å². The highest BCUT2D eigenvalue weighted by Crippen LogP contribution is 2.20. The molecule has 1 N–H and O–H groups in total. The molecule has 0 bridgehead atoms. The number of carbonyl (C=O) groups excluding carboxylic acids is 1. The molecule has 17 heavy (non-hydrogen) atoms. The number of halogens is 1. The number of carbonyl (C=O) groups is 1. The van der Waals surface area contributed by atoms with E-state index in [0.29, 0.717) is 0 Å². The number of nitrogens with zero attached hydrogens (tertiary/aromatic N) is 1. The van der Waals surface area contributed by atoms with Crippen molar-refractivity contribution >= 4 is 29.7 Å². The van der Waals surface area contributed by atoms with Crippen LogP contribution in [0.1, 0.15) is 22.5 Å². The summed E-state index contributed by atoms with van der Waals surface area (Å²) in [5, 5.41) is 5.17. The minimum absolute atomic E-state index is 0. The van der Waals surface area contributed by atoms with Gasteiger partial charge in [0.2, 0.25) is 0 Å². The molecule has 1 aliphatic heterocycles. The maximum atomic E-state index is 12.0. The predicted octanol–water partition coefficient (Wildman–Crippen LogP) is 2.24. The summed E-state index contributed by atoms with van der Waals surface area (Å²) in [6, 6.07) is 3.85. The van der Waals surface area contributed by atoms with Gasteiger partial charge in [-0.3, -0.25) is 4.79 Å². The monoisotopic (exact) mass is 274 g/mol. The van der Waals surface area contributed by atoms with Crippen molar-refractivity contribution in [2.45, 2.75) is 12.8 Å². The largest absolute Gasteiger partial charge is 0.338 e. The van der Waals surface area contributed by atoms with Crippen LogP contribution >= 0.6 is 23.7 Å². The van der Waals surface area contributed by atoms with E-state index < -0.39 is 0 Å². The van der Waals surface area contributed by atoms with Crippen molar-refractivity contribution in [3.05, 3.63) is 22.4 Å². The SMILES string of the molecule is CNCC1CCN(C(=O)c2cccs2)CC1.Cl. The molecule has 1 aliphatic rings. The molecule has 3 nitrogen and oxygen atoms in total. The van der Waals surface area contributed by atoms with E-state index in [9.17, 15) is 4.79 Å². The molecule has 96 valence electrons. The molecule has 5 heteroatoms. The number of piperidine rings is 1. The molecule has 2 rings (SSSR count). The molecule has 1 amide bonds. The number of amides is 1. The molecule has 0 spiro atoms. The maximum Gasteiger partial charge on any atom is 0.263 e. The summed E-state index contributed by atoms with van der Waals surface area (Å²) in [7, 11) is 1.99. The van der Waals surface area contributed by atoms with Crippen LogP contribution in [0.15, 0.2) is 17.5 Å². The van der Waals surface area contributed by atoms with Gasteiger partial charge in [0.05, 0.1) is 4.88 Å². The Morgan fingerprint density at radius 2 is 2.24 bits per heavy atom. The normalized spacial score (nSPS) is 16.6. The van der Waals surface area contributed by atoms with E-state index in [1.54, 1.807) is 0 Å². The Bertz CT molecular complexity index is 334. The van der Waals surface area contributed by atoms with Crippen molar-refractivity contribution in [3.63, 3.8) is 0 Å². The highest BCUT2D eigenvalue weighted by molar-refractivity contribution is 7.12. The Balaban J connectivity index is 0.00000144. The molecule has 2 heterocycles. The van der Waals surface area contributed by atoms with E-state index in [2.05, 4.69) is 5.32 Å². The highest BCUT2D eigenvalue weighted by atomic mass is 35.5. The molecule has 1 saturated heterocycles. The van der Waals surface area contributed by atoms with Gasteiger partial charge >= 0.3 is 0 Å². The van der Waals surface area contributed by atoms with Gasteiger partial charge in [0, 0.05) is 13.1 Å². The van der Waals surface area contributed by atoms with Crippen molar-refractivity contribution in [1.82, 2.24) is 10.2 Å². The summed E-state index contributed by atoms with van der Waals surface area (Å²) in [5.74, 6) is 0.940. The van der Waals surface area contributed by atoms with Crippen LogP contribution in [0.3, 0.4) is 0 Å². The van der Waals surface area contributed by atoms with E-state index >= 15 is 0 Å². The first-order valence-corrected chi connectivity index (χ1v) is 6.66. The van der Waals surface area contributed by atoms with Gasteiger partial charge in [-0.1, -0.05) is 6.07 Å². The molecule has 0 unspecified atom stereocenters. The van der Waals surface area contributed by atoms with Crippen LogP contribution in [0.4, 0.5) is 0 Å². The molecule has 0 saturated carbocycles. The van der Waals surface area contributed by atoms with Gasteiger partial charge < -0.3 is 10.2 Å². The Kier molecular flexibility index (Phi) is 5.95. The number of thiophene rings is 1. The lowest BCUT2D eigenvalue weighted by molar-refractivity contribution is 0.0696. The van der Waals surface area contributed by atoms with Crippen molar-refractivity contribution in [1.29, 1.82) is 0 Å². The molecule has 1 aromatic heterocycles. The Hall–Kier alpha value is -0.580. The third-order valence-corrected chi connectivity index (χ3v) is 3.98. The second-order valence-corrected chi connectivity index (χ2v) is 5.22. The van der Waals surface area contributed by atoms with Gasteiger partial charge in [-0.05, 0) is 43.8 Å². The van der Waals surface area contributed by atoms with Crippen LogP contribution < -0.4 is 5.32 Å². The maximum absolute atomic E-state index is 12.0. The summed E-state index contributed by atoms with van der Waals surface area (Å²) in [5.41, 5.74) is 0. The van der Waals surface area contributed by atoms with Crippen molar-refractivity contribution in [2.24, 2.45) is 5.92 Å². The lowest BCUT2D eigenvalue weighted by Crippen LogP contribution is -2.40. The first kappa shape index (κ1) is 14.5. The van der Waals surface area contributed by atoms with Crippen molar-refractivity contribution in [3.8, 4) is 0 Å². The fraction of sp³-hybridized carbons (Fsp3) is 0.583. The minimum Gasteiger partial charge on any atom is -0.338 e. The van der Waals surface area contributed by atoms with Gasteiger partial charge in [-0.2, -0.15) is 0 Å². The topological polar surface area (TPSA) is 32.3 Å². The van der Waals surface area contributed by atoms with Gasteiger partial charge in [-0.25, -0.2) is 0 Å². The van der Waals surface area contributed by atoms with Crippen molar-refractivity contribution < 1.29 is 4.79 Å². The van der Waals surface area contributed by atoms with Crippen LogP contribution in [0, 0.1) is 5.92 Å². The number of likely N-dealkylation sites (tertiary alicyclic amines) is 1. The van der Waals surface area contributed by atoms with Crippen molar-refractivity contribution in [2.75, 3.05) is 26.7 Å². The van der Waals surface area contributed by atoms with Crippen LogP contribution in [-0.4, -0.2) is 37.5 Å². The van der Waals surface area contributed by atoms with E-state index in [-0.39, 0.29) is 18.3 Å². The Morgan fingerprint density at radius 3 is 2.76 bits per heavy atom. The van der Waals surface area contributed by atoms with E-state index in [1.807, 2.05) is 29.5 Å². The third-order valence-electron chi connectivity index (χ3n) is 3.13. The van der Waals surface area contributed by atoms with Crippen LogP contribution in [0.2, 0.25) is 0 Å². The zero-order valence-electron chi connectivity index (χ0n) is 10.0. The lowest BCUT2D eigenvalue weighted by Gasteiger charge is -2.31. The molecular formula is C12H19ClN2OS. The first-order valence-electron chi connectivity index (χ1n) is 5.78.